The Morgan fingerprint density at radius 3 is 1.88 bits per heavy atom. The van der Waals surface area contributed by atoms with Crippen LogP contribution in [0.3, 0.4) is 0 Å². The Morgan fingerprint density at radius 2 is 1.56 bits per heavy atom. The second-order valence-electron chi connectivity index (χ2n) is 5.98. The molecule has 0 bridgehead atoms. The van der Waals surface area contributed by atoms with Crippen molar-refractivity contribution in [2.45, 2.75) is 79.8 Å². The second-order valence-corrected chi connectivity index (χ2v) is 5.98. The number of hydrogen-bond donors (Lipinski definition) is 1. The van der Waals surface area contributed by atoms with E-state index in [0.29, 0.717) is 11.8 Å². The molecule has 0 rings (SSSR count). The molecule has 0 aromatic carbocycles. The number of rotatable bonds is 8. The van der Waals surface area contributed by atoms with Crippen LogP contribution in [0.15, 0.2) is 0 Å². The highest BCUT2D eigenvalue weighted by atomic mass is 16.3. The molecule has 0 aliphatic carbocycles. The highest BCUT2D eigenvalue weighted by Crippen LogP contribution is 2.37. The van der Waals surface area contributed by atoms with Gasteiger partial charge in [-0.05, 0) is 42.9 Å². The molecule has 0 radical (unpaired) electrons. The van der Waals surface area contributed by atoms with Crippen LogP contribution in [-0.4, -0.2) is 11.2 Å². The van der Waals surface area contributed by atoms with Crippen LogP contribution in [-0.2, 0) is 0 Å². The van der Waals surface area contributed by atoms with Gasteiger partial charge in [-0.2, -0.15) is 0 Å². The molecule has 0 aromatic heterocycles. The number of aliphatic hydroxyl groups excluding tert-OH is 1. The van der Waals surface area contributed by atoms with E-state index in [4.69, 9.17) is 0 Å². The molecule has 0 spiro atoms. The summed E-state index contributed by atoms with van der Waals surface area (Å²) in [7, 11) is 0. The van der Waals surface area contributed by atoms with Crippen LogP contribution < -0.4 is 0 Å². The van der Waals surface area contributed by atoms with Gasteiger partial charge in [0.15, 0.2) is 0 Å². The Labute approximate surface area is 103 Å². The summed E-state index contributed by atoms with van der Waals surface area (Å²) < 4.78 is 0. The van der Waals surface area contributed by atoms with Crippen LogP contribution in [0.25, 0.3) is 0 Å². The van der Waals surface area contributed by atoms with E-state index in [1.54, 1.807) is 0 Å². The van der Waals surface area contributed by atoms with Gasteiger partial charge in [-0.15, -0.1) is 0 Å². The monoisotopic (exact) mass is 228 g/mol. The van der Waals surface area contributed by atoms with Gasteiger partial charge in [0.2, 0.25) is 0 Å². The molecule has 1 N–H and O–H groups in total. The molecular weight excluding hydrogens is 196 g/mol. The fourth-order valence-corrected chi connectivity index (χ4v) is 2.62. The number of aliphatic hydroxyl groups is 1. The summed E-state index contributed by atoms with van der Waals surface area (Å²) >= 11 is 0. The third-order valence-electron chi connectivity index (χ3n) is 4.21. The molecule has 0 aromatic rings. The molecule has 0 saturated carbocycles. The molecule has 1 nitrogen and oxygen atoms in total. The van der Waals surface area contributed by atoms with Crippen molar-refractivity contribution in [3.8, 4) is 0 Å². The maximum atomic E-state index is 10.6. The highest BCUT2D eigenvalue weighted by Gasteiger charge is 2.34. The van der Waals surface area contributed by atoms with Crippen molar-refractivity contribution in [2.24, 2.45) is 17.3 Å². The molecule has 0 aliphatic heterocycles. The first-order chi connectivity index (χ1) is 7.41. The van der Waals surface area contributed by atoms with E-state index in [1.807, 2.05) is 0 Å². The van der Waals surface area contributed by atoms with Crippen molar-refractivity contribution in [3.63, 3.8) is 0 Å². The SMILES string of the molecule is CCCC(CC(C)C)C(O)C(C)(CC)CC. The molecule has 0 aliphatic rings. The Hall–Kier alpha value is -0.0400. The van der Waals surface area contributed by atoms with Crippen LogP contribution in [0.2, 0.25) is 0 Å². The summed E-state index contributed by atoms with van der Waals surface area (Å²) in [6.07, 6.45) is 5.51. The summed E-state index contributed by atoms with van der Waals surface area (Å²) in [6, 6.07) is 0. The Morgan fingerprint density at radius 1 is 1.06 bits per heavy atom. The lowest BCUT2D eigenvalue weighted by Gasteiger charge is -2.38. The van der Waals surface area contributed by atoms with Crippen LogP contribution in [0.1, 0.15) is 73.6 Å². The van der Waals surface area contributed by atoms with Gasteiger partial charge in [0.25, 0.3) is 0 Å². The van der Waals surface area contributed by atoms with Crippen LogP contribution in [0, 0.1) is 17.3 Å². The third-order valence-corrected chi connectivity index (χ3v) is 4.21. The first kappa shape index (κ1) is 16.0. The summed E-state index contributed by atoms with van der Waals surface area (Å²) in [5.74, 6) is 1.17. The molecule has 2 atom stereocenters. The van der Waals surface area contributed by atoms with E-state index in [-0.39, 0.29) is 11.5 Å². The fraction of sp³-hybridized carbons (Fsp3) is 1.00. The van der Waals surface area contributed by atoms with Crippen LogP contribution >= 0.6 is 0 Å². The highest BCUT2D eigenvalue weighted by molar-refractivity contribution is 4.85. The molecule has 0 saturated heterocycles. The minimum Gasteiger partial charge on any atom is -0.392 e. The van der Waals surface area contributed by atoms with Gasteiger partial charge in [-0.3, -0.25) is 0 Å². The van der Waals surface area contributed by atoms with Crippen LogP contribution in [0.4, 0.5) is 0 Å². The van der Waals surface area contributed by atoms with Gasteiger partial charge in [0, 0.05) is 0 Å². The Balaban J connectivity index is 4.63. The summed E-state index contributed by atoms with van der Waals surface area (Å²) in [6.45, 7) is 13.4. The van der Waals surface area contributed by atoms with Crippen molar-refractivity contribution >= 4 is 0 Å². The van der Waals surface area contributed by atoms with E-state index in [2.05, 4.69) is 41.5 Å². The number of hydrogen-bond acceptors (Lipinski definition) is 1. The normalized spacial score (nSPS) is 16.5. The molecular formula is C15H32O. The molecule has 0 fully saturated rings. The first-order valence-corrected chi connectivity index (χ1v) is 7.09. The average Bonchev–Trinajstić information content (AvgIpc) is 2.26. The Kier molecular flexibility index (Phi) is 7.30. The van der Waals surface area contributed by atoms with E-state index >= 15 is 0 Å². The minimum atomic E-state index is -0.134. The van der Waals surface area contributed by atoms with Gasteiger partial charge < -0.3 is 5.11 Å². The van der Waals surface area contributed by atoms with Crippen molar-refractivity contribution in [3.05, 3.63) is 0 Å². The van der Waals surface area contributed by atoms with Gasteiger partial charge >= 0.3 is 0 Å². The van der Waals surface area contributed by atoms with E-state index in [0.717, 1.165) is 25.7 Å². The first-order valence-electron chi connectivity index (χ1n) is 7.09. The zero-order valence-corrected chi connectivity index (χ0v) is 12.2. The zero-order chi connectivity index (χ0) is 12.8. The summed E-state index contributed by atoms with van der Waals surface area (Å²) in [5.41, 5.74) is 0.106. The minimum absolute atomic E-state index is 0.106. The Bertz CT molecular complexity index is 170. The van der Waals surface area contributed by atoms with Crippen molar-refractivity contribution in [2.75, 3.05) is 0 Å². The molecule has 2 unspecified atom stereocenters. The van der Waals surface area contributed by atoms with Gasteiger partial charge in [-0.1, -0.05) is 48.0 Å². The van der Waals surface area contributed by atoms with Crippen molar-refractivity contribution in [1.82, 2.24) is 0 Å². The maximum absolute atomic E-state index is 10.6. The quantitative estimate of drug-likeness (QED) is 0.642. The molecule has 16 heavy (non-hydrogen) atoms. The lowest BCUT2D eigenvalue weighted by molar-refractivity contribution is -0.0238. The van der Waals surface area contributed by atoms with E-state index < -0.39 is 0 Å². The van der Waals surface area contributed by atoms with Crippen LogP contribution in [0.5, 0.6) is 0 Å². The van der Waals surface area contributed by atoms with Crippen molar-refractivity contribution < 1.29 is 5.11 Å². The summed E-state index contributed by atoms with van der Waals surface area (Å²) in [5, 5.41) is 10.6. The van der Waals surface area contributed by atoms with E-state index in [9.17, 15) is 5.11 Å². The molecule has 1 heteroatoms. The summed E-state index contributed by atoms with van der Waals surface area (Å²) in [4.78, 5) is 0. The molecule has 0 heterocycles. The van der Waals surface area contributed by atoms with Gasteiger partial charge in [-0.25, -0.2) is 0 Å². The molecule has 98 valence electrons. The van der Waals surface area contributed by atoms with Gasteiger partial charge in [0.05, 0.1) is 6.10 Å². The van der Waals surface area contributed by atoms with Crippen molar-refractivity contribution in [1.29, 1.82) is 0 Å². The van der Waals surface area contributed by atoms with Gasteiger partial charge in [0.1, 0.15) is 0 Å². The second kappa shape index (κ2) is 7.32. The molecule has 0 amide bonds. The lowest BCUT2D eigenvalue weighted by atomic mass is 9.71. The predicted octanol–water partition coefficient (Wildman–Crippen LogP) is 4.64. The van der Waals surface area contributed by atoms with E-state index in [1.165, 1.54) is 6.42 Å². The smallest absolute Gasteiger partial charge is 0.0621 e. The third kappa shape index (κ3) is 4.45. The zero-order valence-electron chi connectivity index (χ0n) is 12.2. The standard InChI is InChI=1S/C15H32O/c1-7-10-13(11-12(4)5)14(16)15(6,8-2)9-3/h12-14,16H,7-11H2,1-6H3. The average molecular weight is 228 g/mol. The predicted molar refractivity (Wildman–Crippen MR) is 72.5 cm³/mol. The topological polar surface area (TPSA) is 20.2 Å². The fourth-order valence-electron chi connectivity index (χ4n) is 2.62. The lowest BCUT2D eigenvalue weighted by Crippen LogP contribution is -2.38. The largest absolute Gasteiger partial charge is 0.392 e. The maximum Gasteiger partial charge on any atom is 0.0621 e.